The molecule has 0 saturated carbocycles. The topological polar surface area (TPSA) is 26.0 Å². The van der Waals surface area contributed by atoms with Crippen molar-refractivity contribution in [3.05, 3.63) is 68.0 Å². The van der Waals surface area contributed by atoms with E-state index in [0.29, 0.717) is 21.6 Å². The molecule has 0 saturated heterocycles. The Morgan fingerprint density at radius 1 is 0.957 bits per heavy atom. The summed E-state index contributed by atoms with van der Waals surface area (Å²) in [6.07, 6.45) is 0. The molecule has 0 aliphatic carbocycles. The lowest BCUT2D eigenvalue weighted by Crippen LogP contribution is -1.94. The Hall–Kier alpha value is -1.03. The Kier molecular flexibility index (Phi) is 5.00. The van der Waals surface area contributed by atoms with Crippen molar-refractivity contribution >= 4 is 46.1 Å². The van der Waals surface area contributed by atoms with E-state index < -0.39 is 0 Å². The van der Waals surface area contributed by atoms with Crippen molar-refractivity contribution in [1.29, 1.82) is 0 Å². The molecule has 1 heterocycles. The van der Waals surface area contributed by atoms with Crippen LogP contribution >= 0.6 is 46.1 Å². The molecule has 0 fully saturated rings. The number of hydrogen-bond donors (Lipinski definition) is 1. The van der Waals surface area contributed by atoms with Gasteiger partial charge in [0.2, 0.25) is 0 Å². The molecule has 23 heavy (non-hydrogen) atoms. The summed E-state index contributed by atoms with van der Waals surface area (Å²) >= 11 is 20.1. The number of halogens is 3. The molecular weight excluding hydrogens is 369 g/mol. The van der Waals surface area contributed by atoms with Gasteiger partial charge in [-0.05, 0) is 42.3 Å². The third kappa shape index (κ3) is 3.28. The molecular formula is C18H14Cl3NS. The van der Waals surface area contributed by atoms with Crippen LogP contribution in [0.2, 0.25) is 15.1 Å². The standard InChI is InChI=1S/C18H14Cl3NS/c1-10-16(9-22)23-18(14-7-6-13(20)8-15(14)21)17(10)11-2-4-12(19)5-3-11/h2-8H,9,22H2,1H3. The van der Waals surface area contributed by atoms with Crippen LogP contribution in [0, 0.1) is 6.92 Å². The second-order valence-corrected chi connectivity index (χ2v) is 7.57. The summed E-state index contributed by atoms with van der Waals surface area (Å²) in [5, 5.41) is 1.98. The lowest BCUT2D eigenvalue weighted by Gasteiger charge is -2.08. The molecule has 5 heteroatoms. The van der Waals surface area contributed by atoms with E-state index in [1.54, 1.807) is 17.4 Å². The number of thiophene rings is 1. The zero-order valence-electron chi connectivity index (χ0n) is 12.4. The predicted molar refractivity (Wildman–Crippen MR) is 103 cm³/mol. The third-order valence-electron chi connectivity index (χ3n) is 3.74. The van der Waals surface area contributed by atoms with E-state index in [9.17, 15) is 0 Å². The smallest absolute Gasteiger partial charge is 0.0507 e. The predicted octanol–water partition coefficient (Wildman–Crippen LogP) is 6.81. The molecule has 0 bridgehead atoms. The van der Waals surface area contributed by atoms with Crippen LogP contribution in [0.1, 0.15) is 10.4 Å². The Balaban J connectivity index is 2.26. The maximum Gasteiger partial charge on any atom is 0.0507 e. The van der Waals surface area contributed by atoms with Crippen LogP contribution in [0.4, 0.5) is 0 Å². The SMILES string of the molecule is Cc1c(CN)sc(-c2ccc(Cl)cc2Cl)c1-c1ccc(Cl)cc1. The molecule has 0 radical (unpaired) electrons. The van der Waals surface area contributed by atoms with Gasteiger partial charge in [0.1, 0.15) is 0 Å². The molecule has 0 aliphatic rings. The molecule has 0 amide bonds. The summed E-state index contributed by atoms with van der Waals surface area (Å²) in [5.74, 6) is 0. The number of rotatable bonds is 3. The van der Waals surface area contributed by atoms with Crippen molar-refractivity contribution in [3.63, 3.8) is 0 Å². The summed E-state index contributed by atoms with van der Waals surface area (Å²) in [5.41, 5.74) is 10.3. The second-order valence-electron chi connectivity index (χ2n) is 5.19. The highest BCUT2D eigenvalue weighted by molar-refractivity contribution is 7.16. The van der Waals surface area contributed by atoms with Crippen molar-refractivity contribution in [2.24, 2.45) is 5.73 Å². The third-order valence-corrected chi connectivity index (χ3v) is 5.89. The fraction of sp³-hybridized carbons (Fsp3) is 0.111. The number of benzene rings is 2. The minimum Gasteiger partial charge on any atom is -0.326 e. The minimum atomic E-state index is 0.502. The van der Waals surface area contributed by atoms with Crippen LogP contribution in [0.25, 0.3) is 21.6 Å². The first kappa shape index (κ1) is 16.8. The van der Waals surface area contributed by atoms with E-state index in [-0.39, 0.29) is 0 Å². The van der Waals surface area contributed by atoms with Crippen LogP contribution in [0.15, 0.2) is 42.5 Å². The van der Waals surface area contributed by atoms with E-state index in [2.05, 4.69) is 6.92 Å². The fourth-order valence-electron chi connectivity index (χ4n) is 2.58. The van der Waals surface area contributed by atoms with E-state index in [4.69, 9.17) is 40.5 Å². The van der Waals surface area contributed by atoms with Crippen LogP contribution < -0.4 is 5.73 Å². The zero-order chi connectivity index (χ0) is 16.6. The van der Waals surface area contributed by atoms with Gasteiger partial charge in [-0.15, -0.1) is 11.3 Å². The zero-order valence-corrected chi connectivity index (χ0v) is 15.5. The molecule has 0 spiro atoms. The highest BCUT2D eigenvalue weighted by Gasteiger charge is 2.19. The summed E-state index contributed by atoms with van der Waals surface area (Å²) in [7, 11) is 0. The minimum absolute atomic E-state index is 0.502. The molecule has 118 valence electrons. The molecule has 0 unspecified atom stereocenters. The van der Waals surface area contributed by atoms with Gasteiger partial charge in [0.25, 0.3) is 0 Å². The van der Waals surface area contributed by atoms with Crippen LogP contribution in [-0.2, 0) is 6.54 Å². The molecule has 1 nitrogen and oxygen atoms in total. The lowest BCUT2D eigenvalue weighted by atomic mass is 9.98. The second kappa shape index (κ2) is 6.84. The van der Waals surface area contributed by atoms with Gasteiger partial charge in [0, 0.05) is 37.5 Å². The Morgan fingerprint density at radius 3 is 2.22 bits per heavy atom. The maximum absolute atomic E-state index is 6.42. The Labute approximate surface area is 154 Å². The number of nitrogens with two attached hydrogens (primary N) is 1. The molecule has 0 aliphatic heterocycles. The van der Waals surface area contributed by atoms with Gasteiger partial charge in [0.05, 0.1) is 5.02 Å². The van der Waals surface area contributed by atoms with Gasteiger partial charge in [-0.1, -0.05) is 53.0 Å². The molecule has 2 aromatic carbocycles. The molecule has 0 atom stereocenters. The van der Waals surface area contributed by atoms with Gasteiger partial charge < -0.3 is 5.73 Å². The largest absolute Gasteiger partial charge is 0.326 e. The van der Waals surface area contributed by atoms with Gasteiger partial charge in [-0.3, -0.25) is 0 Å². The van der Waals surface area contributed by atoms with Crippen molar-refractivity contribution in [2.75, 3.05) is 0 Å². The molecule has 1 aromatic heterocycles. The summed E-state index contributed by atoms with van der Waals surface area (Å²) in [6.45, 7) is 2.60. The summed E-state index contributed by atoms with van der Waals surface area (Å²) in [6, 6.07) is 13.4. The maximum atomic E-state index is 6.42. The van der Waals surface area contributed by atoms with Crippen LogP contribution in [-0.4, -0.2) is 0 Å². The quantitative estimate of drug-likeness (QED) is 0.529. The van der Waals surface area contributed by atoms with Gasteiger partial charge in [0.15, 0.2) is 0 Å². The first-order valence-corrected chi connectivity index (χ1v) is 9.00. The molecule has 3 aromatic rings. The van der Waals surface area contributed by atoms with E-state index >= 15 is 0 Å². The highest BCUT2D eigenvalue weighted by Crippen LogP contribution is 2.45. The highest BCUT2D eigenvalue weighted by atomic mass is 35.5. The normalized spacial score (nSPS) is 11.0. The van der Waals surface area contributed by atoms with Gasteiger partial charge >= 0.3 is 0 Å². The fourth-order valence-corrected chi connectivity index (χ4v) is 4.51. The van der Waals surface area contributed by atoms with Crippen LogP contribution in [0.5, 0.6) is 0 Å². The van der Waals surface area contributed by atoms with E-state index in [1.165, 1.54) is 5.56 Å². The van der Waals surface area contributed by atoms with Crippen molar-refractivity contribution in [3.8, 4) is 21.6 Å². The van der Waals surface area contributed by atoms with Gasteiger partial charge in [-0.25, -0.2) is 0 Å². The number of hydrogen-bond acceptors (Lipinski definition) is 2. The monoisotopic (exact) mass is 381 g/mol. The van der Waals surface area contributed by atoms with Crippen molar-refractivity contribution in [2.45, 2.75) is 13.5 Å². The van der Waals surface area contributed by atoms with E-state index in [0.717, 1.165) is 26.4 Å². The first-order chi connectivity index (χ1) is 11.0. The Bertz CT molecular complexity index is 853. The summed E-state index contributed by atoms with van der Waals surface area (Å²) in [4.78, 5) is 2.25. The summed E-state index contributed by atoms with van der Waals surface area (Å²) < 4.78 is 0. The first-order valence-electron chi connectivity index (χ1n) is 7.05. The molecule has 3 rings (SSSR count). The van der Waals surface area contributed by atoms with Crippen molar-refractivity contribution < 1.29 is 0 Å². The van der Waals surface area contributed by atoms with Crippen LogP contribution in [0.3, 0.4) is 0 Å². The lowest BCUT2D eigenvalue weighted by molar-refractivity contribution is 1.09. The average molecular weight is 383 g/mol. The van der Waals surface area contributed by atoms with Gasteiger partial charge in [-0.2, -0.15) is 0 Å². The average Bonchev–Trinajstić information content (AvgIpc) is 2.85. The van der Waals surface area contributed by atoms with Crippen molar-refractivity contribution in [1.82, 2.24) is 0 Å². The van der Waals surface area contributed by atoms with E-state index in [1.807, 2.05) is 36.4 Å². The molecule has 2 N–H and O–H groups in total. The Morgan fingerprint density at radius 2 is 1.61 bits per heavy atom.